The van der Waals surface area contributed by atoms with Crippen molar-refractivity contribution in [3.8, 4) is 0 Å². The fourth-order valence-electron chi connectivity index (χ4n) is 2.95. The molecule has 0 radical (unpaired) electrons. The predicted molar refractivity (Wildman–Crippen MR) is 82.8 cm³/mol. The second kappa shape index (κ2) is 6.97. The highest BCUT2D eigenvalue weighted by Gasteiger charge is 2.49. The van der Waals surface area contributed by atoms with Crippen LogP contribution < -0.4 is 0 Å². The van der Waals surface area contributed by atoms with Crippen LogP contribution in [0.1, 0.15) is 27.2 Å². The van der Waals surface area contributed by atoms with Gasteiger partial charge in [-0.2, -0.15) is 0 Å². The van der Waals surface area contributed by atoms with Crippen LogP contribution >= 0.6 is 0 Å². The third-order valence-electron chi connectivity index (χ3n) is 5.02. The number of aliphatic hydroxyl groups is 6. The maximum absolute atomic E-state index is 10.6. The van der Waals surface area contributed by atoms with Gasteiger partial charge in [-0.25, -0.2) is 0 Å². The van der Waals surface area contributed by atoms with Crippen molar-refractivity contribution in [2.75, 3.05) is 6.61 Å². The molecule has 140 valence electrons. The maximum atomic E-state index is 10.6. The van der Waals surface area contributed by atoms with Crippen LogP contribution in [0.2, 0.25) is 0 Å². The van der Waals surface area contributed by atoms with Crippen molar-refractivity contribution >= 4 is 0 Å². The Hall–Kier alpha value is -0.580. The molecule has 1 saturated heterocycles. The second-order valence-electron chi connectivity index (χ2n) is 7.23. The molecular formula is C16H28O8. The minimum absolute atomic E-state index is 0.0587. The van der Waals surface area contributed by atoms with Crippen LogP contribution in [0.4, 0.5) is 0 Å². The summed E-state index contributed by atoms with van der Waals surface area (Å²) in [7, 11) is 0. The van der Waals surface area contributed by atoms with Crippen LogP contribution in [0, 0.1) is 5.92 Å². The number of hydrogen-bond donors (Lipinski definition) is 6. The van der Waals surface area contributed by atoms with Gasteiger partial charge in [0.1, 0.15) is 30.0 Å². The number of aliphatic hydroxyl groups excluding tert-OH is 4. The minimum atomic E-state index is -1.56. The Bertz CT molecular complexity index is 463. The van der Waals surface area contributed by atoms with Crippen LogP contribution in [0.25, 0.3) is 0 Å². The quantitative estimate of drug-likeness (QED) is 0.329. The molecule has 0 aromatic carbocycles. The summed E-state index contributed by atoms with van der Waals surface area (Å²) < 4.78 is 10.9. The van der Waals surface area contributed by atoms with Crippen molar-refractivity contribution in [2.45, 2.75) is 75.2 Å². The minimum Gasteiger partial charge on any atom is -0.394 e. The lowest BCUT2D eigenvalue weighted by atomic mass is 9.75. The van der Waals surface area contributed by atoms with E-state index in [1.807, 2.05) is 13.8 Å². The van der Waals surface area contributed by atoms with Gasteiger partial charge in [0, 0.05) is 6.42 Å². The summed E-state index contributed by atoms with van der Waals surface area (Å²) in [5.74, 6) is -0.134. The average molecular weight is 348 g/mol. The highest BCUT2D eigenvalue weighted by atomic mass is 16.7. The van der Waals surface area contributed by atoms with Gasteiger partial charge in [-0.1, -0.05) is 26.0 Å². The first kappa shape index (κ1) is 19.7. The van der Waals surface area contributed by atoms with Crippen molar-refractivity contribution < 1.29 is 40.1 Å². The summed E-state index contributed by atoms with van der Waals surface area (Å²) in [6, 6.07) is 0. The monoisotopic (exact) mass is 348 g/mol. The van der Waals surface area contributed by atoms with Crippen LogP contribution in [-0.4, -0.2) is 85.3 Å². The van der Waals surface area contributed by atoms with E-state index < -0.39 is 54.6 Å². The highest BCUT2D eigenvalue weighted by molar-refractivity contribution is 5.18. The number of rotatable bonds is 4. The molecule has 0 aromatic rings. The van der Waals surface area contributed by atoms with E-state index in [4.69, 9.17) is 9.47 Å². The largest absolute Gasteiger partial charge is 0.394 e. The third kappa shape index (κ3) is 3.66. The van der Waals surface area contributed by atoms with Crippen molar-refractivity contribution in [3.05, 3.63) is 12.2 Å². The number of hydrogen-bond acceptors (Lipinski definition) is 8. The Morgan fingerprint density at radius 2 is 1.75 bits per heavy atom. The average Bonchev–Trinajstić information content (AvgIpc) is 2.51. The Morgan fingerprint density at radius 1 is 1.12 bits per heavy atom. The molecule has 8 nitrogen and oxygen atoms in total. The van der Waals surface area contributed by atoms with Crippen molar-refractivity contribution in [2.24, 2.45) is 5.92 Å². The van der Waals surface area contributed by atoms with Gasteiger partial charge in [-0.3, -0.25) is 0 Å². The highest BCUT2D eigenvalue weighted by Crippen LogP contribution is 2.37. The molecule has 1 aliphatic heterocycles. The topological polar surface area (TPSA) is 140 Å². The first-order valence-corrected chi connectivity index (χ1v) is 8.13. The smallest absolute Gasteiger partial charge is 0.187 e. The molecule has 2 rings (SSSR count). The fraction of sp³-hybridized carbons (Fsp3) is 0.875. The number of ether oxygens (including phenoxy) is 2. The van der Waals surface area contributed by atoms with Crippen molar-refractivity contribution in [1.82, 2.24) is 0 Å². The van der Waals surface area contributed by atoms with E-state index in [9.17, 15) is 30.6 Å². The van der Waals surface area contributed by atoms with E-state index >= 15 is 0 Å². The second-order valence-corrected chi connectivity index (χ2v) is 7.23. The molecule has 0 bridgehead atoms. The lowest BCUT2D eigenvalue weighted by Gasteiger charge is -2.46. The van der Waals surface area contributed by atoms with Gasteiger partial charge >= 0.3 is 0 Å². The van der Waals surface area contributed by atoms with Gasteiger partial charge in [-0.15, -0.1) is 0 Å². The molecule has 1 aliphatic carbocycles. The van der Waals surface area contributed by atoms with Crippen LogP contribution in [0.3, 0.4) is 0 Å². The molecule has 2 aliphatic rings. The summed E-state index contributed by atoms with van der Waals surface area (Å²) in [6.45, 7) is 4.59. The van der Waals surface area contributed by atoms with Crippen LogP contribution in [0.15, 0.2) is 12.2 Å². The summed E-state index contributed by atoms with van der Waals surface area (Å²) in [5.41, 5.74) is -2.61. The molecule has 1 fully saturated rings. The van der Waals surface area contributed by atoms with E-state index in [2.05, 4.69) is 0 Å². The molecule has 0 saturated carbocycles. The van der Waals surface area contributed by atoms with Crippen molar-refractivity contribution in [3.63, 3.8) is 0 Å². The third-order valence-corrected chi connectivity index (χ3v) is 5.02. The fourth-order valence-corrected chi connectivity index (χ4v) is 2.95. The predicted octanol–water partition coefficient (Wildman–Crippen LogP) is -1.73. The zero-order valence-electron chi connectivity index (χ0n) is 14.1. The molecule has 0 aromatic heterocycles. The first-order valence-electron chi connectivity index (χ1n) is 8.13. The van der Waals surface area contributed by atoms with Gasteiger partial charge in [0.2, 0.25) is 0 Å². The summed E-state index contributed by atoms with van der Waals surface area (Å²) >= 11 is 0. The molecule has 1 heterocycles. The SMILES string of the molecule is CC(C)C1(O)C=CC(C)(O)C(OC2OC(CO)C(O)C(O)C2O)C1. The lowest BCUT2D eigenvalue weighted by molar-refractivity contribution is -0.324. The van der Waals surface area contributed by atoms with Crippen LogP contribution in [-0.2, 0) is 9.47 Å². The molecule has 8 atom stereocenters. The van der Waals surface area contributed by atoms with Gasteiger partial charge in [0.05, 0.1) is 18.3 Å². The Kier molecular flexibility index (Phi) is 5.73. The molecule has 24 heavy (non-hydrogen) atoms. The maximum Gasteiger partial charge on any atom is 0.187 e. The van der Waals surface area contributed by atoms with E-state index in [1.165, 1.54) is 19.1 Å². The lowest BCUT2D eigenvalue weighted by Crippen LogP contribution is -2.61. The Labute approximate surface area is 141 Å². The summed E-state index contributed by atoms with van der Waals surface area (Å²) in [4.78, 5) is 0. The van der Waals surface area contributed by atoms with Crippen molar-refractivity contribution in [1.29, 1.82) is 0 Å². The molecule has 0 amide bonds. The van der Waals surface area contributed by atoms with E-state index in [1.54, 1.807) is 0 Å². The normalized spacial score (nSPS) is 49.6. The van der Waals surface area contributed by atoms with Gasteiger partial charge in [-0.05, 0) is 12.8 Å². The zero-order chi connectivity index (χ0) is 18.3. The summed E-state index contributed by atoms with van der Waals surface area (Å²) in [5, 5.41) is 60.0. The first-order chi connectivity index (χ1) is 11.0. The van der Waals surface area contributed by atoms with Crippen LogP contribution in [0.5, 0.6) is 0 Å². The zero-order valence-corrected chi connectivity index (χ0v) is 14.1. The molecule has 8 unspecified atom stereocenters. The van der Waals surface area contributed by atoms with Gasteiger partial charge < -0.3 is 40.1 Å². The van der Waals surface area contributed by atoms with Gasteiger partial charge in [0.15, 0.2) is 6.29 Å². The van der Waals surface area contributed by atoms with E-state index in [0.717, 1.165) is 0 Å². The Balaban J connectivity index is 2.17. The molecule has 6 N–H and O–H groups in total. The van der Waals surface area contributed by atoms with Gasteiger partial charge in [0.25, 0.3) is 0 Å². The Morgan fingerprint density at radius 3 is 2.29 bits per heavy atom. The summed E-state index contributed by atoms with van der Waals surface area (Å²) in [6.07, 6.45) is -4.95. The molecule has 8 heteroatoms. The van der Waals surface area contributed by atoms with E-state index in [0.29, 0.717) is 0 Å². The van der Waals surface area contributed by atoms with E-state index in [-0.39, 0.29) is 12.3 Å². The standard InChI is InChI=1S/C16H28O8/c1-8(2)16(22)5-4-15(3,21)10(6-16)24-14-13(20)12(19)11(18)9(7-17)23-14/h4-5,8-14,17-22H,6-7H2,1-3H3. The molecular weight excluding hydrogens is 320 g/mol. The molecule has 0 spiro atoms.